The second kappa shape index (κ2) is 9.90. The number of halogens is 3. The number of aromatic nitrogens is 2. The Balaban J connectivity index is 1.29. The molecule has 0 atom stereocenters. The van der Waals surface area contributed by atoms with Crippen LogP contribution in [0.2, 0.25) is 0 Å². The summed E-state index contributed by atoms with van der Waals surface area (Å²) in [6, 6.07) is 18.4. The third-order valence-corrected chi connectivity index (χ3v) is 5.75. The van der Waals surface area contributed by atoms with E-state index < -0.39 is 6.36 Å². The smallest absolute Gasteiger partial charge is 0.489 e. The molecule has 5 rings (SSSR count). The lowest BCUT2D eigenvalue weighted by Crippen LogP contribution is -2.40. The van der Waals surface area contributed by atoms with E-state index in [-0.39, 0.29) is 18.3 Å². The topological polar surface area (TPSA) is 65.8 Å². The van der Waals surface area contributed by atoms with Crippen LogP contribution < -0.4 is 9.47 Å². The molecule has 2 heterocycles. The summed E-state index contributed by atoms with van der Waals surface area (Å²) in [4.78, 5) is 19.0. The quantitative estimate of drug-likeness (QED) is 0.376. The average molecular weight is 497 g/mol. The van der Waals surface area contributed by atoms with E-state index in [2.05, 4.69) is 9.72 Å². The second-order valence-corrected chi connectivity index (χ2v) is 8.20. The number of rotatable bonds is 6. The van der Waals surface area contributed by atoms with E-state index in [9.17, 15) is 18.0 Å². The molecule has 0 saturated carbocycles. The van der Waals surface area contributed by atoms with Crippen molar-refractivity contribution in [1.29, 1.82) is 0 Å². The summed E-state index contributed by atoms with van der Waals surface area (Å²) in [5.41, 5.74) is 3.63. The van der Waals surface area contributed by atoms with Crippen LogP contribution in [0.3, 0.4) is 0 Å². The van der Waals surface area contributed by atoms with Gasteiger partial charge in [0.2, 0.25) is 0 Å². The van der Waals surface area contributed by atoms with E-state index in [0.29, 0.717) is 48.7 Å². The van der Waals surface area contributed by atoms with Gasteiger partial charge in [-0.15, -0.1) is 13.2 Å². The number of morpholine rings is 1. The summed E-state index contributed by atoms with van der Waals surface area (Å²) in [7, 11) is 0. The standard InChI is InChI=1S/C26H22F3N3O4/c27-26(28,29)36-21-7-4-18(5-8-21)16-35-22-3-1-2-20(15-22)32-17-30-23-14-19(6-9-24(23)32)25(33)31-10-12-34-13-11-31/h1-9,14-15,17H,10-13,16H2. The highest BCUT2D eigenvalue weighted by Crippen LogP contribution is 2.25. The van der Waals surface area contributed by atoms with Crippen molar-refractivity contribution in [2.75, 3.05) is 26.3 Å². The van der Waals surface area contributed by atoms with Crippen molar-refractivity contribution in [2.24, 2.45) is 0 Å². The summed E-state index contributed by atoms with van der Waals surface area (Å²) < 4.78 is 53.9. The Kier molecular flexibility index (Phi) is 6.51. The molecule has 1 aromatic heterocycles. The average Bonchev–Trinajstić information content (AvgIpc) is 3.31. The summed E-state index contributed by atoms with van der Waals surface area (Å²) >= 11 is 0. The molecule has 7 nitrogen and oxygen atoms in total. The van der Waals surface area contributed by atoms with Gasteiger partial charge in [0.15, 0.2) is 0 Å². The molecule has 0 N–H and O–H groups in total. The predicted molar refractivity (Wildman–Crippen MR) is 125 cm³/mol. The molecule has 0 aliphatic carbocycles. The Morgan fingerprint density at radius 3 is 2.50 bits per heavy atom. The fourth-order valence-electron chi connectivity index (χ4n) is 3.98. The maximum atomic E-state index is 12.8. The van der Waals surface area contributed by atoms with Crippen LogP contribution in [0.15, 0.2) is 73.1 Å². The van der Waals surface area contributed by atoms with Crippen molar-refractivity contribution in [3.63, 3.8) is 0 Å². The Labute approximate surface area is 204 Å². The van der Waals surface area contributed by atoms with Crippen LogP contribution in [0.25, 0.3) is 16.7 Å². The number of benzene rings is 3. The van der Waals surface area contributed by atoms with Gasteiger partial charge in [0.25, 0.3) is 5.91 Å². The van der Waals surface area contributed by atoms with Gasteiger partial charge < -0.3 is 19.1 Å². The van der Waals surface area contributed by atoms with E-state index in [1.54, 1.807) is 29.4 Å². The molecule has 0 bridgehead atoms. The molecule has 1 saturated heterocycles. The molecular weight excluding hydrogens is 475 g/mol. The zero-order valence-corrected chi connectivity index (χ0v) is 19.1. The second-order valence-electron chi connectivity index (χ2n) is 8.20. The summed E-state index contributed by atoms with van der Waals surface area (Å²) in [5.74, 6) is 0.266. The minimum Gasteiger partial charge on any atom is -0.489 e. The molecule has 1 amide bonds. The molecule has 0 unspecified atom stereocenters. The molecule has 1 fully saturated rings. The Morgan fingerprint density at radius 2 is 1.75 bits per heavy atom. The number of fused-ring (bicyclic) bond motifs is 1. The molecular formula is C26H22F3N3O4. The molecule has 0 radical (unpaired) electrons. The zero-order chi connectivity index (χ0) is 25.1. The summed E-state index contributed by atoms with van der Waals surface area (Å²) in [6.45, 7) is 2.40. The SMILES string of the molecule is O=C(c1ccc2c(c1)ncn2-c1cccc(OCc2ccc(OC(F)(F)F)cc2)c1)N1CCOCC1. The predicted octanol–water partition coefficient (Wildman–Crippen LogP) is 4.98. The number of ether oxygens (including phenoxy) is 3. The van der Waals surface area contributed by atoms with Crippen molar-refractivity contribution in [2.45, 2.75) is 13.0 Å². The van der Waals surface area contributed by atoms with Gasteiger partial charge in [-0.25, -0.2) is 4.98 Å². The van der Waals surface area contributed by atoms with Gasteiger partial charge >= 0.3 is 6.36 Å². The van der Waals surface area contributed by atoms with Gasteiger partial charge in [0.1, 0.15) is 24.4 Å². The van der Waals surface area contributed by atoms with Gasteiger partial charge in [-0.3, -0.25) is 9.36 Å². The van der Waals surface area contributed by atoms with Crippen LogP contribution in [0, 0.1) is 0 Å². The van der Waals surface area contributed by atoms with Gasteiger partial charge in [0.05, 0.1) is 29.9 Å². The normalized spacial score (nSPS) is 14.1. The maximum absolute atomic E-state index is 12.8. The molecule has 3 aromatic carbocycles. The third-order valence-electron chi connectivity index (χ3n) is 5.75. The fraction of sp³-hybridized carbons (Fsp3) is 0.231. The van der Waals surface area contributed by atoms with Gasteiger partial charge in [0, 0.05) is 24.7 Å². The van der Waals surface area contributed by atoms with E-state index in [0.717, 1.165) is 11.2 Å². The van der Waals surface area contributed by atoms with E-state index in [1.807, 2.05) is 28.8 Å². The van der Waals surface area contributed by atoms with Crippen LogP contribution in [0.1, 0.15) is 15.9 Å². The molecule has 1 aliphatic heterocycles. The molecule has 4 aromatic rings. The van der Waals surface area contributed by atoms with E-state index >= 15 is 0 Å². The number of carbonyl (C=O) groups excluding carboxylic acids is 1. The van der Waals surface area contributed by atoms with Gasteiger partial charge in [-0.2, -0.15) is 0 Å². The lowest BCUT2D eigenvalue weighted by Gasteiger charge is -2.26. The molecule has 1 aliphatic rings. The molecule has 0 spiro atoms. The lowest BCUT2D eigenvalue weighted by atomic mass is 10.1. The highest BCUT2D eigenvalue weighted by molar-refractivity contribution is 5.97. The molecule has 10 heteroatoms. The largest absolute Gasteiger partial charge is 0.573 e. The van der Waals surface area contributed by atoms with Crippen molar-refractivity contribution < 1.29 is 32.2 Å². The first-order valence-corrected chi connectivity index (χ1v) is 11.3. The zero-order valence-electron chi connectivity index (χ0n) is 19.1. The van der Waals surface area contributed by atoms with E-state index in [4.69, 9.17) is 9.47 Å². The van der Waals surface area contributed by atoms with Crippen molar-refractivity contribution in [1.82, 2.24) is 14.5 Å². The molecule has 186 valence electrons. The minimum atomic E-state index is -4.73. The number of carbonyl (C=O) groups is 1. The van der Waals surface area contributed by atoms with E-state index in [1.165, 1.54) is 24.3 Å². The van der Waals surface area contributed by atoms with Crippen LogP contribution in [-0.4, -0.2) is 53.0 Å². The first-order valence-electron chi connectivity index (χ1n) is 11.3. The number of hydrogen-bond acceptors (Lipinski definition) is 5. The third kappa shape index (κ3) is 5.44. The Bertz CT molecular complexity index is 1360. The fourth-order valence-corrected chi connectivity index (χ4v) is 3.98. The van der Waals surface area contributed by atoms with Crippen molar-refractivity contribution >= 4 is 16.9 Å². The number of nitrogens with zero attached hydrogens (tertiary/aromatic N) is 3. The summed E-state index contributed by atoms with van der Waals surface area (Å²) in [6.07, 6.45) is -3.04. The number of imidazole rings is 1. The maximum Gasteiger partial charge on any atom is 0.573 e. The number of hydrogen-bond donors (Lipinski definition) is 0. The van der Waals surface area contributed by atoms with Gasteiger partial charge in [-0.1, -0.05) is 18.2 Å². The van der Waals surface area contributed by atoms with Crippen LogP contribution in [0.5, 0.6) is 11.5 Å². The Hall–Kier alpha value is -4.05. The van der Waals surface area contributed by atoms with Crippen LogP contribution in [0.4, 0.5) is 13.2 Å². The van der Waals surface area contributed by atoms with Crippen LogP contribution >= 0.6 is 0 Å². The highest BCUT2D eigenvalue weighted by atomic mass is 19.4. The first-order chi connectivity index (χ1) is 17.4. The molecule has 36 heavy (non-hydrogen) atoms. The lowest BCUT2D eigenvalue weighted by molar-refractivity contribution is -0.274. The first kappa shape index (κ1) is 23.7. The van der Waals surface area contributed by atoms with Gasteiger partial charge in [-0.05, 0) is 48.0 Å². The Morgan fingerprint density at radius 1 is 0.972 bits per heavy atom. The van der Waals surface area contributed by atoms with Crippen molar-refractivity contribution in [3.8, 4) is 17.2 Å². The highest BCUT2D eigenvalue weighted by Gasteiger charge is 2.31. The monoisotopic (exact) mass is 497 g/mol. The number of alkyl halides is 3. The number of amides is 1. The minimum absolute atomic E-state index is 0.0388. The summed E-state index contributed by atoms with van der Waals surface area (Å²) in [5, 5.41) is 0. The van der Waals surface area contributed by atoms with Crippen LogP contribution in [-0.2, 0) is 11.3 Å². The van der Waals surface area contributed by atoms with Crippen molar-refractivity contribution in [3.05, 3.63) is 84.2 Å².